The van der Waals surface area contributed by atoms with Crippen molar-refractivity contribution >= 4 is 28.9 Å². The number of nitrogens with one attached hydrogen (secondary N) is 2. The van der Waals surface area contributed by atoms with E-state index in [9.17, 15) is 19.7 Å². The first-order valence-electron chi connectivity index (χ1n) is 9.49. The van der Waals surface area contributed by atoms with Crippen molar-refractivity contribution in [2.75, 3.05) is 32.0 Å². The number of ether oxygens (including phenoxy) is 3. The summed E-state index contributed by atoms with van der Waals surface area (Å²) in [5.74, 6) is -1.31. The van der Waals surface area contributed by atoms with Crippen molar-refractivity contribution in [1.82, 2.24) is 4.98 Å². The minimum atomic E-state index is -0.779. The van der Waals surface area contributed by atoms with Crippen LogP contribution < -0.4 is 24.8 Å². The van der Waals surface area contributed by atoms with Crippen LogP contribution in [0.5, 0.6) is 17.2 Å². The Morgan fingerprint density at radius 1 is 0.879 bits per heavy atom. The zero-order valence-electron chi connectivity index (χ0n) is 17.9. The van der Waals surface area contributed by atoms with Crippen LogP contribution in [-0.4, -0.2) is 43.1 Å². The smallest absolute Gasteiger partial charge is 0.327 e. The van der Waals surface area contributed by atoms with Gasteiger partial charge in [-0.25, -0.2) is 0 Å². The number of aromatic nitrogens is 1. The van der Waals surface area contributed by atoms with E-state index in [4.69, 9.17) is 14.2 Å². The molecule has 0 atom stereocenters. The zero-order valence-corrected chi connectivity index (χ0v) is 17.9. The molecule has 0 saturated heterocycles. The molecular formula is C22H20N4O7. The number of rotatable bonds is 8. The number of amides is 2. The first-order valence-corrected chi connectivity index (χ1v) is 9.49. The van der Waals surface area contributed by atoms with Gasteiger partial charge in [0.05, 0.1) is 26.3 Å². The second kappa shape index (κ2) is 10.1. The maximum atomic E-state index is 13.0. The van der Waals surface area contributed by atoms with Crippen molar-refractivity contribution in [3.63, 3.8) is 0 Å². The van der Waals surface area contributed by atoms with E-state index in [0.717, 1.165) is 0 Å². The maximum absolute atomic E-state index is 13.0. The van der Waals surface area contributed by atoms with Crippen LogP contribution in [0, 0.1) is 10.1 Å². The third-order valence-electron chi connectivity index (χ3n) is 4.55. The van der Waals surface area contributed by atoms with E-state index in [0.29, 0.717) is 16.9 Å². The van der Waals surface area contributed by atoms with E-state index < -0.39 is 16.5 Å². The Morgan fingerprint density at radius 3 is 2.03 bits per heavy atom. The molecule has 11 nitrogen and oxygen atoms in total. The van der Waals surface area contributed by atoms with E-state index >= 15 is 0 Å². The number of methoxy groups -OCH3 is 3. The molecule has 11 heteroatoms. The molecule has 0 bridgehead atoms. The molecule has 3 rings (SSSR count). The van der Waals surface area contributed by atoms with E-state index in [2.05, 4.69) is 15.6 Å². The molecule has 1 heterocycles. The number of benzene rings is 2. The summed E-state index contributed by atoms with van der Waals surface area (Å²) in [6, 6.07) is 10.7. The monoisotopic (exact) mass is 452 g/mol. The zero-order chi connectivity index (χ0) is 24.0. The molecule has 0 radical (unpaired) electrons. The summed E-state index contributed by atoms with van der Waals surface area (Å²) in [6.45, 7) is 0. The minimum absolute atomic E-state index is 0.0101. The summed E-state index contributed by atoms with van der Waals surface area (Å²) in [6.07, 6.45) is 2.99. The second-order valence-corrected chi connectivity index (χ2v) is 6.52. The van der Waals surface area contributed by atoms with Gasteiger partial charge in [-0.1, -0.05) is 6.07 Å². The van der Waals surface area contributed by atoms with Crippen LogP contribution in [0.3, 0.4) is 0 Å². The summed E-state index contributed by atoms with van der Waals surface area (Å²) in [5, 5.41) is 17.0. The number of nitro groups is 1. The molecule has 0 aliphatic rings. The van der Waals surface area contributed by atoms with Gasteiger partial charge in [0.2, 0.25) is 11.5 Å². The standard InChI is InChI=1S/C22H20N4O7/c1-31-17-12-16(18(26(29)30)20(33-3)19(17)32-2)22(28)25-15-6-4-5-14(11-15)24-21(27)13-7-9-23-10-8-13/h4-12H,1-3H3,(H,24,27)(H,25,28). The van der Waals surface area contributed by atoms with E-state index in [1.54, 1.807) is 30.3 Å². The van der Waals surface area contributed by atoms with Gasteiger partial charge in [0, 0.05) is 35.4 Å². The van der Waals surface area contributed by atoms with Gasteiger partial charge in [0.25, 0.3) is 11.8 Å². The number of hydrogen-bond donors (Lipinski definition) is 2. The van der Waals surface area contributed by atoms with E-state index in [1.165, 1.54) is 45.9 Å². The highest BCUT2D eigenvalue weighted by Gasteiger charge is 2.32. The Bertz CT molecular complexity index is 1200. The average Bonchev–Trinajstić information content (AvgIpc) is 2.83. The lowest BCUT2D eigenvalue weighted by Gasteiger charge is -2.15. The molecule has 2 aromatic carbocycles. The fraction of sp³-hybridized carbons (Fsp3) is 0.136. The fourth-order valence-corrected chi connectivity index (χ4v) is 3.08. The highest BCUT2D eigenvalue weighted by atomic mass is 16.6. The summed E-state index contributed by atoms with van der Waals surface area (Å²) in [4.78, 5) is 40.2. The molecule has 2 N–H and O–H groups in total. The molecule has 3 aromatic rings. The van der Waals surface area contributed by atoms with Crippen LogP contribution in [0.4, 0.5) is 17.1 Å². The third kappa shape index (κ3) is 4.98. The Hall–Kier alpha value is -4.67. The molecule has 0 unspecified atom stereocenters. The van der Waals surface area contributed by atoms with Crippen molar-refractivity contribution in [2.24, 2.45) is 0 Å². The van der Waals surface area contributed by atoms with Gasteiger partial charge in [-0.2, -0.15) is 0 Å². The van der Waals surface area contributed by atoms with E-state index in [-0.39, 0.29) is 28.7 Å². The highest BCUT2D eigenvalue weighted by molar-refractivity contribution is 6.09. The van der Waals surface area contributed by atoms with Gasteiger partial charge in [0.15, 0.2) is 5.75 Å². The topological polar surface area (TPSA) is 142 Å². The average molecular weight is 452 g/mol. The molecule has 33 heavy (non-hydrogen) atoms. The first kappa shape index (κ1) is 23.0. The number of pyridine rings is 1. The SMILES string of the molecule is COc1cc(C(=O)Nc2cccc(NC(=O)c3ccncc3)c2)c([N+](=O)[O-])c(OC)c1OC. The summed E-state index contributed by atoms with van der Waals surface area (Å²) in [5.41, 5.74) is 0.257. The first-order chi connectivity index (χ1) is 15.9. The molecular weight excluding hydrogens is 432 g/mol. The van der Waals surface area contributed by atoms with Crippen LogP contribution >= 0.6 is 0 Å². The van der Waals surface area contributed by atoms with E-state index in [1.807, 2.05) is 0 Å². The number of nitrogens with zero attached hydrogens (tertiary/aromatic N) is 2. The van der Waals surface area contributed by atoms with Gasteiger partial charge in [-0.05, 0) is 30.3 Å². The lowest BCUT2D eigenvalue weighted by molar-refractivity contribution is -0.386. The van der Waals surface area contributed by atoms with Crippen LogP contribution in [0.1, 0.15) is 20.7 Å². The van der Waals surface area contributed by atoms with Crippen LogP contribution in [0.2, 0.25) is 0 Å². The largest absolute Gasteiger partial charge is 0.493 e. The molecule has 0 saturated carbocycles. The lowest BCUT2D eigenvalue weighted by atomic mass is 10.1. The van der Waals surface area contributed by atoms with Crippen LogP contribution in [-0.2, 0) is 0 Å². The molecule has 0 aliphatic heterocycles. The summed E-state index contributed by atoms with van der Waals surface area (Å²) in [7, 11) is 3.86. The van der Waals surface area contributed by atoms with Gasteiger partial charge in [0.1, 0.15) is 5.56 Å². The predicted molar refractivity (Wildman–Crippen MR) is 119 cm³/mol. The van der Waals surface area contributed by atoms with Crippen molar-refractivity contribution in [2.45, 2.75) is 0 Å². The highest BCUT2D eigenvalue weighted by Crippen LogP contribution is 2.46. The van der Waals surface area contributed by atoms with Crippen molar-refractivity contribution < 1.29 is 28.7 Å². The van der Waals surface area contributed by atoms with Crippen LogP contribution in [0.25, 0.3) is 0 Å². The number of anilines is 2. The normalized spacial score (nSPS) is 10.2. The molecule has 0 spiro atoms. The Balaban J connectivity index is 1.91. The van der Waals surface area contributed by atoms with Crippen LogP contribution in [0.15, 0.2) is 54.9 Å². The fourth-order valence-electron chi connectivity index (χ4n) is 3.08. The number of hydrogen-bond acceptors (Lipinski definition) is 8. The Labute approximate surface area is 188 Å². The summed E-state index contributed by atoms with van der Waals surface area (Å²) >= 11 is 0. The molecule has 2 amide bonds. The lowest BCUT2D eigenvalue weighted by Crippen LogP contribution is -2.16. The van der Waals surface area contributed by atoms with Gasteiger partial charge < -0.3 is 24.8 Å². The van der Waals surface area contributed by atoms with Crippen molar-refractivity contribution in [3.8, 4) is 17.2 Å². The Kier molecular flexibility index (Phi) is 7.03. The molecule has 170 valence electrons. The number of carbonyl (C=O) groups is 2. The molecule has 0 fully saturated rings. The van der Waals surface area contributed by atoms with Crippen molar-refractivity contribution in [3.05, 3.63) is 76.1 Å². The minimum Gasteiger partial charge on any atom is -0.493 e. The number of carbonyl (C=O) groups excluding carboxylic acids is 2. The molecule has 0 aliphatic carbocycles. The predicted octanol–water partition coefficient (Wildman–Crippen LogP) is 3.52. The van der Waals surface area contributed by atoms with Gasteiger partial charge >= 0.3 is 5.69 Å². The third-order valence-corrected chi connectivity index (χ3v) is 4.55. The second-order valence-electron chi connectivity index (χ2n) is 6.52. The van der Waals surface area contributed by atoms with Gasteiger partial charge in [-0.15, -0.1) is 0 Å². The maximum Gasteiger partial charge on any atom is 0.327 e. The van der Waals surface area contributed by atoms with Gasteiger partial charge in [-0.3, -0.25) is 24.7 Å². The quantitative estimate of drug-likeness (QED) is 0.390. The summed E-state index contributed by atoms with van der Waals surface area (Å²) < 4.78 is 15.5. The number of nitro benzene ring substituents is 1. The van der Waals surface area contributed by atoms with Crippen molar-refractivity contribution in [1.29, 1.82) is 0 Å². The molecule has 1 aromatic heterocycles. The Morgan fingerprint density at radius 2 is 1.48 bits per heavy atom.